The maximum absolute atomic E-state index is 14.3. The molecule has 11 heteroatoms. The molecule has 1 aliphatic heterocycles. The van der Waals surface area contributed by atoms with Crippen molar-refractivity contribution < 1.29 is 27.4 Å². The number of rotatable bonds is 11. The van der Waals surface area contributed by atoms with Crippen LogP contribution < -0.4 is 4.90 Å². The Morgan fingerprint density at radius 2 is 1.84 bits per heavy atom. The fourth-order valence-corrected chi connectivity index (χ4v) is 6.22. The molecule has 1 aliphatic rings. The molecule has 2 aromatic heterocycles. The molecule has 236 valence electrons. The lowest BCUT2D eigenvalue weighted by Crippen LogP contribution is -2.46. The van der Waals surface area contributed by atoms with Crippen LogP contribution in [0.15, 0.2) is 34.9 Å². The Morgan fingerprint density at radius 1 is 1.14 bits per heavy atom. The van der Waals surface area contributed by atoms with Gasteiger partial charge in [-0.05, 0) is 56.1 Å². The van der Waals surface area contributed by atoms with Crippen LogP contribution in [0.3, 0.4) is 0 Å². The molecular formula is C32H42BrF3N4O3. The van der Waals surface area contributed by atoms with Gasteiger partial charge in [0.15, 0.2) is 0 Å². The van der Waals surface area contributed by atoms with Crippen LogP contribution in [0.5, 0.6) is 0 Å². The van der Waals surface area contributed by atoms with E-state index in [0.29, 0.717) is 34.3 Å². The number of benzene rings is 1. The summed E-state index contributed by atoms with van der Waals surface area (Å²) in [6.07, 6.45) is -1.66. The number of alkyl halides is 3. The summed E-state index contributed by atoms with van der Waals surface area (Å²) in [6.45, 7) is 12.7. The second-order valence-electron chi connectivity index (χ2n) is 12.1. The van der Waals surface area contributed by atoms with Crippen molar-refractivity contribution in [3.63, 3.8) is 0 Å². The van der Waals surface area contributed by atoms with Gasteiger partial charge in [0.05, 0.1) is 36.0 Å². The fourth-order valence-electron chi connectivity index (χ4n) is 5.86. The first-order valence-corrected chi connectivity index (χ1v) is 15.5. The predicted molar refractivity (Wildman–Crippen MR) is 167 cm³/mol. The minimum Gasteiger partial charge on any atom is -0.465 e. The third-order valence-electron chi connectivity index (χ3n) is 7.96. The number of pyridine rings is 1. The first kappa shape index (κ1) is 33.3. The average molecular weight is 668 g/mol. The van der Waals surface area contributed by atoms with Gasteiger partial charge in [0.2, 0.25) is 0 Å². The number of methoxy groups -OCH3 is 1. The number of piperazine rings is 1. The summed E-state index contributed by atoms with van der Waals surface area (Å²) in [5.41, 5.74) is 3.16. The highest BCUT2D eigenvalue weighted by Gasteiger charge is 2.35. The van der Waals surface area contributed by atoms with Gasteiger partial charge in [-0.1, -0.05) is 36.7 Å². The van der Waals surface area contributed by atoms with Crippen LogP contribution in [0.25, 0.3) is 22.2 Å². The van der Waals surface area contributed by atoms with E-state index in [-0.39, 0.29) is 6.61 Å². The normalized spacial score (nSPS) is 15.7. The quantitative estimate of drug-likeness (QED) is 0.199. The molecule has 1 saturated heterocycles. The van der Waals surface area contributed by atoms with Gasteiger partial charge in [-0.15, -0.1) is 0 Å². The van der Waals surface area contributed by atoms with Crippen LogP contribution in [-0.4, -0.2) is 73.0 Å². The summed E-state index contributed by atoms with van der Waals surface area (Å²) in [5.74, 6) is -0.400. The summed E-state index contributed by atoms with van der Waals surface area (Å²) in [5, 5.41) is 0.708. The highest BCUT2D eigenvalue weighted by molar-refractivity contribution is 9.10. The number of esters is 1. The SMILES string of the molecule is CCCN1CCN(c2cnc(C(C)OC)c(-c3c(CC(C)(C)COC(C)=O)c4cc(Br)ccc4n3CC(F)(F)F)c2)CC1. The van der Waals surface area contributed by atoms with Crippen LogP contribution in [0, 0.1) is 5.41 Å². The van der Waals surface area contributed by atoms with Gasteiger partial charge in [0.25, 0.3) is 0 Å². The second kappa shape index (κ2) is 13.6. The number of ether oxygens (including phenoxy) is 2. The zero-order chi connectivity index (χ0) is 31.5. The summed E-state index contributed by atoms with van der Waals surface area (Å²) in [6, 6.07) is 7.33. The number of halogens is 4. The van der Waals surface area contributed by atoms with Crippen LogP contribution in [0.2, 0.25) is 0 Å². The van der Waals surface area contributed by atoms with Crippen molar-refractivity contribution in [2.24, 2.45) is 5.41 Å². The van der Waals surface area contributed by atoms with Crippen LogP contribution >= 0.6 is 15.9 Å². The van der Waals surface area contributed by atoms with Gasteiger partial charge in [-0.2, -0.15) is 13.2 Å². The Kier molecular flexibility index (Phi) is 10.5. The van der Waals surface area contributed by atoms with E-state index in [1.165, 1.54) is 11.5 Å². The van der Waals surface area contributed by atoms with Crippen molar-refractivity contribution in [3.05, 3.63) is 46.2 Å². The number of carbonyl (C=O) groups is 1. The number of nitrogens with zero attached hydrogens (tertiary/aromatic N) is 4. The molecular weight excluding hydrogens is 625 g/mol. The molecule has 0 saturated carbocycles. The zero-order valence-electron chi connectivity index (χ0n) is 25.9. The predicted octanol–water partition coefficient (Wildman–Crippen LogP) is 7.40. The first-order valence-electron chi connectivity index (χ1n) is 14.7. The van der Waals surface area contributed by atoms with Crippen LogP contribution in [0.1, 0.15) is 58.4 Å². The largest absolute Gasteiger partial charge is 0.465 e. The summed E-state index contributed by atoms with van der Waals surface area (Å²) < 4.78 is 56.0. The van der Waals surface area contributed by atoms with E-state index < -0.39 is 30.2 Å². The molecule has 0 spiro atoms. The van der Waals surface area contributed by atoms with Gasteiger partial charge in [0, 0.05) is 66.6 Å². The van der Waals surface area contributed by atoms with Crippen LogP contribution in [-0.2, 0) is 27.2 Å². The summed E-state index contributed by atoms with van der Waals surface area (Å²) in [4.78, 5) is 21.2. The molecule has 7 nitrogen and oxygen atoms in total. The fraction of sp³-hybridized carbons (Fsp3) is 0.562. The van der Waals surface area contributed by atoms with Gasteiger partial charge < -0.3 is 18.9 Å². The molecule has 3 heterocycles. The van der Waals surface area contributed by atoms with E-state index in [1.54, 1.807) is 19.2 Å². The first-order chi connectivity index (χ1) is 20.2. The summed E-state index contributed by atoms with van der Waals surface area (Å²) >= 11 is 3.53. The molecule has 0 N–H and O–H groups in total. The molecule has 1 atom stereocenters. The Bertz CT molecular complexity index is 1430. The number of anilines is 1. The van der Waals surface area contributed by atoms with Crippen LogP contribution in [0.4, 0.5) is 18.9 Å². The van der Waals surface area contributed by atoms with E-state index in [4.69, 9.17) is 14.5 Å². The molecule has 4 rings (SSSR count). The van der Waals surface area contributed by atoms with E-state index in [1.807, 2.05) is 39.1 Å². The maximum Gasteiger partial charge on any atom is 0.406 e. The highest BCUT2D eigenvalue weighted by atomic mass is 79.9. The van der Waals surface area contributed by atoms with E-state index >= 15 is 0 Å². The molecule has 0 bridgehead atoms. The molecule has 3 aromatic rings. The van der Waals surface area contributed by atoms with Gasteiger partial charge in [-0.25, -0.2) is 0 Å². The lowest BCUT2D eigenvalue weighted by molar-refractivity contribution is -0.144. The Balaban J connectivity index is 1.97. The molecule has 43 heavy (non-hydrogen) atoms. The third-order valence-corrected chi connectivity index (χ3v) is 8.46. The zero-order valence-corrected chi connectivity index (χ0v) is 27.4. The second-order valence-corrected chi connectivity index (χ2v) is 13.1. The number of carbonyl (C=O) groups excluding carboxylic acids is 1. The molecule has 0 aliphatic carbocycles. The minimum atomic E-state index is -4.47. The Morgan fingerprint density at radius 3 is 2.44 bits per heavy atom. The van der Waals surface area contributed by atoms with Gasteiger partial charge in [-0.3, -0.25) is 14.7 Å². The smallest absolute Gasteiger partial charge is 0.406 e. The third kappa shape index (κ3) is 8.10. The minimum absolute atomic E-state index is 0.128. The van der Waals surface area contributed by atoms with E-state index in [0.717, 1.165) is 54.9 Å². The van der Waals surface area contributed by atoms with E-state index in [2.05, 4.69) is 32.7 Å². The number of hydrogen-bond acceptors (Lipinski definition) is 6. The van der Waals surface area contributed by atoms with Crippen molar-refractivity contribution in [1.82, 2.24) is 14.5 Å². The molecule has 1 unspecified atom stereocenters. The van der Waals surface area contributed by atoms with Crippen molar-refractivity contribution in [2.75, 3.05) is 51.3 Å². The molecule has 0 radical (unpaired) electrons. The molecule has 1 fully saturated rings. The maximum atomic E-state index is 14.3. The lowest BCUT2D eigenvalue weighted by atomic mass is 9.84. The van der Waals surface area contributed by atoms with Crippen molar-refractivity contribution in [2.45, 2.75) is 66.3 Å². The number of fused-ring (bicyclic) bond motifs is 1. The Hall–Kier alpha value is -2.63. The van der Waals surface area contributed by atoms with Crippen molar-refractivity contribution >= 4 is 38.5 Å². The highest BCUT2D eigenvalue weighted by Crippen LogP contribution is 2.43. The topological polar surface area (TPSA) is 59.8 Å². The number of hydrogen-bond donors (Lipinski definition) is 0. The monoisotopic (exact) mass is 666 g/mol. The van der Waals surface area contributed by atoms with Crippen molar-refractivity contribution in [3.8, 4) is 11.3 Å². The molecule has 0 amide bonds. The number of aromatic nitrogens is 2. The molecule has 1 aromatic carbocycles. The van der Waals surface area contributed by atoms with Gasteiger partial charge >= 0.3 is 12.1 Å². The standard InChI is InChI=1S/C32H42BrF3N4O3/c1-7-10-38-11-13-39(14-12-38)24-16-26(29(37-18-24)21(2)42-6)30-27(17-31(4,5)20-43-22(3)41)25-15-23(33)8-9-28(25)40(30)19-32(34,35)36/h8-9,15-16,18,21H,7,10-14,17,19-20H2,1-6H3. The van der Waals surface area contributed by atoms with Gasteiger partial charge in [0.1, 0.15) is 6.54 Å². The van der Waals surface area contributed by atoms with Crippen molar-refractivity contribution in [1.29, 1.82) is 0 Å². The van der Waals surface area contributed by atoms with E-state index in [9.17, 15) is 18.0 Å². The average Bonchev–Trinajstić information content (AvgIpc) is 3.21. The summed E-state index contributed by atoms with van der Waals surface area (Å²) in [7, 11) is 1.57. The Labute approximate surface area is 260 Å². The lowest BCUT2D eigenvalue weighted by Gasteiger charge is -2.36.